The molecule has 0 saturated carbocycles. The van der Waals surface area contributed by atoms with Gasteiger partial charge in [0.1, 0.15) is 30.6 Å². The minimum absolute atomic E-state index is 0.0216. The number of rotatable bonds is 8. The van der Waals surface area contributed by atoms with Gasteiger partial charge in [0.2, 0.25) is 5.91 Å². The topological polar surface area (TPSA) is 127 Å². The van der Waals surface area contributed by atoms with Gasteiger partial charge in [-0.3, -0.25) is 4.79 Å². The number of carbonyl (C=O) groups excluding carboxylic acids is 2. The standard InChI is InChI=1S/C11H17NO6/c1-2-3-4-9(16)12-7(5-13)10(17)11(18)8(15)6-14/h1,5,7-8,10-11,14-15,17-18H,3-4,6H2,(H,12,16)/t7-,8-,10-,11-/m1/s1. The summed E-state index contributed by atoms with van der Waals surface area (Å²) in [6.07, 6.45) is 0.257. The Morgan fingerprint density at radius 2 is 1.94 bits per heavy atom. The normalized spacial score (nSPS) is 17.1. The van der Waals surface area contributed by atoms with Gasteiger partial charge in [-0.05, 0) is 0 Å². The molecule has 4 atom stereocenters. The Morgan fingerprint density at radius 3 is 2.39 bits per heavy atom. The van der Waals surface area contributed by atoms with Crippen molar-refractivity contribution in [1.82, 2.24) is 5.32 Å². The van der Waals surface area contributed by atoms with Crippen LogP contribution < -0.4 is 5.32 Å². The summed E-state index contributed by atoms with van der Waals surface area (Å²) in [5.74, 6) is 1.67. The van der Waals surface area contributed by atoms with E-state index in [2.05, 4.69) is 11.2 Å². The Balaban J connectivity index is 4.44. The first kappa shape index (κ1) is 16.5. The van der Waals surface area contributed by atoms with Crippen molar-refractivity contribution in [2.45, 2.75) is 37.2 Å². The molecule has 0 rings (SSSR count). The fourth-order valence-corrected chi connectivity index (χ4v) is 1.19. The van der Waals surface area contributed by atoms with Crippen molar-refractivity contribution in [3.8, 4) is 12.3 Å². The van der Waals surface area contributed by atoms with E-state index in [0.717, 1.165) is 0 Å². The van der Waals surface area contributed by atoms with Crippen LogP contribution in [-0.2, 0) is 9.59 Å². The van der Waals surface area contributed by atoms with E-state index >= 15 is 0 Å². The van der Waals surface area contributed by atoms with Crippen LogP contribution in [0.3, 0.4) is 0 Å². The van der Waals surface area contributed by atoms with Crippen LogP contribution >= 0.6 is 0 Å². The molecular weight excluding hydrogens is 242 g/mol. The number of aliphatic hydroxyl groups is 4. The maximum atomic E-state index is 11.3. The summed E-state index contributed by atoms with van der Waals surface area (Å²) in [5.41, 5.74) is 0. The number of hydrogen-bond acceptors (Lipinski definition) is 6. The highest BCUT2D eigenvalue weighted by atomic mass is 16.4. The number of terminal acetylenes is 1. The third-order valence-electron chi connectivity index (χ3n) is 2.27. The van der Waals surface area contributed by atoms with Crippen LogP contribution in [0.2, 0.25) is 0 Å². The lowest BCUT2D eigenvalue weighted by molar-refractivity contribution is -0.130. The molecule has 0 bridgehead atoms. The van der Waals surface area contributed by atoms with Gasteiger partial charge in [0, 0.05) is 12.8 Å². The van der Waals surface area contributed by atoms with Gasteiger partial charge >= 0.3 is 0 Å². The lowest BCUT2D eigenvalue weighted by Gasteiger charge is -2.26. The van der Waals surface area contributed by atoms with Gasteiger partial charge in [-0.1, -0.05) is 0 Å². The zero-order chi connectivity index (χ0) is 14.1. The van der Waals surface area contributed by atoms with E-state index in [1.807, 2.05) is 0 Å². The molecule has 0 unspecified atom stereocenters. The van der Waals surface area contributed by atoms with Crippen molar-refractivity contribution in [2.75, 3.05) is 6.61 Å². The fraction of sp³-hybridized carbons (Fsp3) is 0.636. The molecular formula is C11H17NO6. The first-order chi connectivity index (χ1) is 8.47. The van der Waals surface area contributed by atoms with Crippen LogP contribution in [0.5, 0.6) is 0 Å². The van der Waals surface area contributed by atoms with E-state index in [0.29, 0.717) is 0 Å². The van der Waals surface area contributed by atoms with Crippen molar-refractivity contribution in [3.05, 3.63) is 0 Å². The molecule has 0 radical (unpaired) electrons. The second-order valence-corrected chi connectivity index (χ2v) is 3.66. The molecule has 7 heteroatoms. The Kier molecular flexibility index (Phi) is 7.91. The zero-order valence-electron chi connectivity index (χ0n) is 9.69. The highest BCUT2D eigenvalue weighted by Gasteiger charge is 2.31. The molecule has 1 amide bonds. The smallest absolute Gasteiger partial charge is 0.221 e. The second kappa shape index (κ2) is 8.60. The van der Waals surface area contributed by atoms with E-state index in [1.54, 1.807) is 0 Å². The summed E-state index contributed by atoms with van der Waals surface area (Å²) >= 11 is 0. The van der Waals surface area contributed by atoms with Gasteiger partial charge in [0.15, 0.2) is 0 Å². The quantitative estimate of drug-likeness (QED) is 0.236. The Hall–Kier alpha value is -1.46. The van der Waals surface area contributed by atoms with Crippen LogP contribution in [-0.4, -0.2) is 63.6 Å². The second-order valence-electron chi connectivity index (χ2n) is 3.66. The lowest BCUT2D eigenvalue weighted by atomic mass is 10.0. The first-order valence-electron chi connectivity index (χ1n) is 5.31. The predicted molar refractivity (Wildman–Crippen MR) is 61.2 cm³/mol. The molecule has 0 heterocycles. The largest absolute Gasteiger partial charge is 0.394 e. The number of nitrogens with one attached hydrogen (secondary N) is 1. The summed E-state index contributed by atoms with van der Waals surface area (Å²) < 4.78 is 0. The van der Waals surface area contributed by atoms with Crippen LogP contribution in [0.1, 0.15) is 12.8 Å². The highest BCUT2D eigenvalue weighted by molar-refractivity contribution is 5.80. The molecule has 5 N–H and O–H groups in total. The van der Waals surface area contributed by atoms with Crippen LogP contribution in [0.25, 0.3) is 0 Å². The fourth-order valence-electron chi connectivity index (χ4n) is 1.19. The average molecular weight is 259 g/mol. The summed E-state index contributed by atoms with van der Waals surface area (Å²) in [5, 5.41) is 38.8. The van der Waals surface area contributed by atoms with Crippen LogP contribution in [0, 0.1) is 12.3 Å². The predicted octanol–water partition coefficient (Wildman–Crippen LogP) is -2.84. The van der Waals surface area contributed by atoms with Gasteiger partial charge in [-0.2, -0.15) is 0 Å². The van der Waals surface area contributed by atoms with Gasteiger partial charge in [-0.25, -0.2) is 0 Å². The van der Waals surface area contributed by atoms with Crippen molar-refractivity contribution in [1.29, 1.82) is 0 Å². The molecule has 0 fully saturated rings. The first-order valence-corrected chi connectivity index (χ1v) is 5.31. The maximum absolute atomic E-state index is 11.3. The Bertz CT molecular complexity index is 313. The number of aliphatic hydroxyl groups excluding tert-OH is 4. The van der Waals surface area contributed by atoms with E-state index in [1.165, 1.54) is 0 Å². The maximum Gasteiger partial charge on any atom is 0.221 e. The summed E-state index contributed by atoms with van der Waals surface area (Å²) in [6, 6.07) is -1.38. The van der Waals surface area contributed by atoms with Gasteiger partial charge in [0.05, 0.1) is 6.61 Å². The van der Waals surface area contributed by atoms with E-state index < -0.39 is 36.9 Å². The molecule has 0 aliphatic carbocycles. The van der Waals surface area contributed by atoms with Gasteiger partial charge in [0.25, 0.3) is 0 Å². The number of aldehydes is 1. The average Bonchev–Trinajstić information content (AvgIpc) is 2.39. The molecule has 0 aliphatic rings. The monoisotopic (exact) mass is 259 g/mol. The summed E-state index contributed by atoms with van der Waals surface area (Å²) in [4.78, 5) is 22.0. The zero-order valence-corrected chi connectivity index (χ0v) is 9.69. The van der Waals surface area contributed by atoms with E-state index in [9.17, 15) is 19.8 Å². The Labute approximate surface area is 104 Å². The van der Waals surface area contributed by atoms with Crippen molar-refractivity contribution >= 4 is 12.2 Å². The van der Waals surface area contributed by atoms with Crippen molar-refractivity contribution in [2.24, 2.45) is 0 Å². The van der Waals surface area contributed by atoms with E-state index in [4.69, 9.17) is 16.6 Å². The molecule has 0 aliphatic heterocycles. The molecule has 7 nitrogen and oxygen atoms in total. The van der Waals surface area contributed by atoms with Crippen molar-refractivity contribution < 1.29 is 30.0 Å². The van der Waals surface area contributed by atoms with Crippen LogP contribution in [0.15, 0.2) is 0 Å². The number of hydrogen-bond donors (Lipinski definition) is 5. The number of carbonyl (C=O) groups is 2. The minimum atomic E-state index is -1.75. The SMILES string of the molecule is C#CCCC(=O)N[C@H](C=O)[C@@H](O)[C@H](O)[C@H](O)CO. The van der Waals surface area contributed by atoms with E-state index in [-0.39, 0.29) is 19.1 Å². The molecule has 0 saturated heterocycles. The molecule has 0 aromatic heterocycles. The van der Waals surface area contributed by atoms with Gasteiger partial charge in [-0.15, -0.1) is 12.3 Å². The molecule has 18 heavy (non-hydrogen) atoms. The minimum Gasteiger partial charge on any atom is -0.394 e. The summed E-state index contributed by atoms with van der Waals surface area (Å²) in [6.45, 7) is -0.783. The number of amides is 1. The highest BCUT2D eigenvalue weighted by Crippen LogP contribution is 2.04. The third-order valence-corrected chi connectivity index (χ3v) is 2.27. The molecule has 0 aromatic rings. The molecule has 0 aromatic carbocycles. The van der Waals surface area contributed by atoms with Crippen LogP contribution in [0.4, 0.5) is 0 Å². The van der Waals surface area contributed by atoms with Crippen molar-refractivity contribution in [3.63, 3.8) is 0 Å². The van der Waals surface area contributed by atoms with Gasteiger partial charge < -0.3 is 30.5 Å². The summed E-state index contributed by atoms with van der Waals surface area (Å²) in [7, 11) is 0. The molecule has 102 valence electrons. The lowest BCUT2D eigenvalue weighted by Crippen LogP contribution is -2.53. The Morgan fingerprint density at radius 1 is 1.33 bits per heavy atom. The molecule has 0 spiro atoms. The third kappa shape index (κ3) is 5.25.